The zero-order valence-corrected chi connectivity index (χ0v) is 20.4. The minimum Gasteiger partial charge on any atom is -0.482 e. The van der Waals surface area contributed by atoms with Gasteiger partial charge in [-0.25, -0.2) is 9.59 Å². The lowest BCUT2D eigenvalue weighted by molar-refractivity contribution is -0.137. The summed E-state index contributed by atoms with van der Waals surface area (Å²) in [5, 5.41) is 33.9. The summed E-state index contributed by atoms with van der Waals surface area (Å²) < 4.78 is 4.65. The number of carboxylic acid groups (broad SMARTS) is 3. The van der Waals surface area contributed by atoms with E-state index in [9.17, 15) is 19.5 Å². The second-order valence-electron chi connectivity index (χ2n) is 7.80. The quantitative estimate of drug-likeness (QED) is 0.130. The number of ether oxygens (including phenoxy) is 1. The van der Waals surface area contributed by atoms with E-state index in [4.69, 9.17) is 15.3 Å². The Morgan fingerprint density at radius 2 is 1.53 bits per heavy atom. The molecular weight excluding hydrogens is 442 g/mol. The number of aliphatic hydroxyl groups is 1. The maximum absolute atomic E-state index is 10.3. The molecule has 0 bridgehead atoms. The Morgan fingerprint density at radius 3 is 2.03 bits per heavy atom. The summed E-state index contributed by atoms with van der Waals surface area (Å²) in [5.74, 6) is -3.20. The van der Waals surface area contributed by atoms with E-state index in [0.717, 1.165) is 64.5 Å². The van der Waals surface area contributed by atoms with Gasteiger partial charge in [-0.05, 0) is 32.1 Å². The van der Waals surface area contributed by atoms with Crippen molar-refractivity contribution in [2.75, 3.05) is 13.2 Å². The molecule has 1 aliphatic rings. The summed E-state index contributed by atoms with van der Waals surface area (Å²) in [6.45, 7) is 3.82. The van der Waals surface area contributed by atoms with Crippen LogP contribution in [0.15, 0.2) is 29.3 Å². The van der Waals surface area contributed by atoms with E-state index in [2.05, 4.69) is 28.8 Å². The van der Waals surface area contributed by atoms with E-state index in [0.29, 0.717) is 18.6 Å². The number of carbonyl (C=O) groups is 3. The molecule has 196 valence electrons. The zero-order chi connectivity index (χ0) is 25.9. The van der Waals surface area contributed by atoms with Crippen molar-refractivity contribution in [3.8, 4) is 0 Å². The van der Waals surface area contributed by atoms with Crippen LogP contribution in [-0.4, -0.2) is 64.0 Å². The third-order valence-electron chi connectivity index (χ3n) is 4.58. The molecule has 1 rings (SSSR count). The minimum absolute atomic E-state index is 0.172. The second-order valence-corrected chi connectivity index (χ2v) is 7.80. The first-order valence-electron chi connectivity index (χ1n) is 12.1. The molecule has 0 radical (unpaired) electrons. The van der Waals surface area contributed by atoms with Gasteiger partial charge in [0.25, 0.3) is 0 Å². The van der Waals surface area contributed by atoms with Crippen molar-refractivity contribution >= 4 is 24.3 Å². The minimum atomic E-state index is -1.26. The van der Waals surface area contributed by atoms with Crippen LogP contribution in [0.2, 0.25) is 0 Å². The van der Waals surface area contributed by atoms with Crippen LogP contribution < -0.4 is 0 Å². The number of rotatable bonds is 17. The lowest BCUT2D eigenvalue weighted by atomic mass is 10.1. The van der Waals surface area contributed by atoms with Crippen LogP contribution >= 0.6 is 0 Å². The SMILES string of the molecule is C1=NCCO1.CCCCCCC(O)C/C=C\CCCCCCCC(=O)O.O=C(O)/C=C\C(=O)O. The average Bonchev–Trinajstić information content (AvgIpc) is 3.37. The first kappa shape index (κ1) is 33.5. The number of aliphatic hydroxyl groups excluding tert-OH is 1. The van der Waals surface area contributed by atoms with Crippen molar-refractivity contribution in [2.24, 2.45) is 4.99 Å². The summed E-state index contributed by atoms with van der Waals surface area (Å²) in [4.78, 5) is 33.2. The number of allylic oxidation sites excluding steroid dienone is 1. The van der Waals surface area contributed by atoms with Gasteiger partial charge in [-0.15, -0.1) is 0 Å². The third-order valence-corrected chi connectivity index (χ3v) is 4.58. The first-order valence-corrected chi connectivity index (χ1v) is 12.1. The van der Waals surface area contributed by atoms with Gasteiger partial charge >= 0.3 is 17.9 Å². The molecule has 1 atom stereocenters. The molecule has 0 aromatic carbocycles. The van der Waals surface area contributed by atoms with Gasteiger partial charge in [-0.3, -0.25) is 9.79 Å². The molecule has 0 saturated carbocycles. The summed E-state index contributed by atoms with van der Waals surface area (Å²) in [7, 11) is 0. The van der Waals surface area contributed by atoms with Gasteiger partial charge < -0.3 is 25.2 Å². The highest BCUT2D eigenvalue weighted by molar-refractivity contribution is 5.89. The lowest BCUT2D eigenvalue weighted by Crippen LogP contribution is -2.04. The molecule has 0 fully saturated rings. The molecule has 0 aliphatic carbocycles. The first-order chi connectivity index (χ1) is 16.3. The molecule has 1 heterocycles. The van der Waals surface area contributed by atoms with Gasteiger partial charge in [-0.1, -0.05) is 64.0 Å². The maximum Gasteiger partial charge on any atom is 0.328 e. The van der Waals surface area contributed by atoms with Gasteiger partial charge in [0, 0.05) is 18.6 Å². The van der Waals surface area contributed by atoms with Crippen molar-refractivity contribution in [1.29, 1.82) is 0 Å². The Morgan fingerprint density at radius 1 is 0.912 bits per heavy atom. The summed E-state index contributed by atoms with van der Waals surface area (Å²) in [6, 6.07) is 0. The van der Waals surface area contributed by atoms with Crippen LogP contribution in [-0.2, 0) is 19.1 Å². The highest BCUT2D eigenvalue weighted by atomic mass is 16.5. The van der Waals surface area contributed by atoms with Gasteiger partial charge in [0.2, 0.25) is 0 Å². The number of unbranched alkanes of at least 4 members (excludes halogenated alkanes) is 8. The van der Waals surface area contributed by atoms with Crippen LogP contribution in [0.25, 0.3) is 0 Å². The maximum atomic E-state index is 10.3. The van der Waals surface area contributed by atoms with E-state index in [1.807, 2.05) is 0 Å². The number of hydrogen-bond donors (Lipinski definition) is 4. The van der Waals surface area contributed by atoms with E-state index in [1.165, 1.54) is 32.1 Å². The van der Waals surface area contributed by atoms with Crippen molar-refractivity contribution in [3.05, 3.63) is 24.3 Å². The van der Waals surface area contributed by atoms with Gasteiger partial charge in [0.15, 0.2) is 6.40 Å². The standard InChI is InChI=1S/C18H34O3.C4H4O4.C3H5NO/c1-2-3-4-11-14-17(19)15-12-9-7-5-6-8-10-13-16-18(20)21;5-3(6)1-2-4(7)8;1-2-5-3-4-1/h9,12,17,19H,2-8,10-11,13-16H2,1H3,(H,20,21);1-2H,(H,5,6)(H,7,8);3H,1-2H2/b12-9-;2-1-;. The lowest BCUT2D eigenvalue weighted by Gasteiger charge is -2.07. The molecule has 1 unspecified atom stereocenters. The van der Waals surface area contributed by atoms with Crippen molar-refractivity contribution in [2.45, 2.75) is 96.5 Å². The predicted octanol–water partition coefficient (Wildman–Crippen LogP) is 4.84. The number of aliphatic imine (C=N–C) groups is 1. The van der Waals surface area contributed by atoms with Crippen LogP contribution in [0.4, 0.5) is 0 Å². The van der Waals surface area contributed by atoms with Gasteiger partial charge in [-0.2, -0.15) is 0 Å². The number of carboxylic acids is 3. The van der Waals surface area contributed by atoms with Crippen molar-refractivity contribution in [3.63, 3.8) is 0 Å². The van der Waals surface area contributed by atoms with Gasteiger partial charge in [0.05, 0.1) is 12.6 Å². The molecule has 0 aromatic heterocycles. The Kier molecular flexibility index (Phi) is 26.2. The Bertz CT molecular complexity index is 580. The molecule has 9 nitrogen and oxygen atoms in total. The highest BCUT2D eigenvalue weighted by Crippen LogP contribution is 2.10. The fourth-order valence-corrected chi connectivity index (χ4v) is 2.77. The van der Waals surface area contributed by atoms with E-state index < -0.39 is 17.9 Å². The van der Waals surface area contributed by atoms with Crippen LogP contribution in [0.3, 0.4) is 0 Å². The second kappa shape index (κ2) is 26.6. The molecule has 0 amide bonds. The molecule has 0 aromatic rings. The smallest absolute Gasteiger partial charge is 0.328 e. The average molecular weight is 486 g/mol. The van der Waals surface area contributed by atoms with E-state index in [1.54, 1.807) is 0 Å². The Hall–Kier alpha value is -2.68. The molecule has 0 saturated heterocycles. The van der Waals surface area contributed by atoms with Gasteiger partial charge in [0.1, 0.15) is 6.61 Å². The molecule has 34 heavy (non-hydrogen) atoms. The van der Waals surface area contributed by atoms with E-state index >= 15 is 0 Å². The molecule has 9 heteroatoms. The zero-order valence-electron chi connectivity index (χ0n) is 20.4. The van der Waals surface area contributed by atoms with Crippen molar-refractivity contribution < 1.29 is 39.5 Å². The van der Waals surface area contributed by atoms with Crippen LogP contribution in [0, 0.1) is 0 Å². The molecule has 0 spiro atoms. The number of aliphatic carboxylic acids is 3. The van der Waals surface area contributed by atoms with Crippen molar-refractivity contribution in [1.82, 2.24) is 0 Å². The molecule has 4 N–H and O–H groups in total. The fraction of sp³-hybridized carbons (Fsp3) is 0.680. The van der Waals surface area contributed by atoms with Crippen LogP contribution in [0.1, 0.15) is 90.4 Å². The topological polar surface area (TPSA) is 154 Å². The number of hydrogen-bond acceptors (Lipinski definition) is 6. The normalized spacial score (nSPS) is 13.0. The summed E-state index contributed by atoms with van der Waals surface area (Å²) in [6.07, 6.45) is 20.0. The third kappa shape index (κ3) is 33.9. The summed E-state index contributed by atoms with van der Waals surface area (Å²) in [5.41, 5.74) is 0. The van der Waals surface area contributed by atoms with Crippen LogP contribution in [0.5, 0.6) is 0 Å². The Balaban J connectivity index is 0. The van der Waals surface area contributed by atoms with E-state index in [-0.39, 0.29) is 6.10 Å². The Labute approximate surface area is 203 Å². The predicted molar refractivity (Wildman–Crippen MR) is 132 cm³/mol. The monoisotopic (exact) mass is 485 g/mol. The molecular formula is C25H43NO8. The summed E-state index contributed by atoms with van der Waals surface area (Å²) >= 11 is 0. The molecule has 1 aliphatic heterocycles. The highest BCUT2D eigenvalue weighted by Gasteiger charge is 2.00. The number of nitrogens with zero attached hydrogens (tertiary/aromatic N) is 1. The largest absolute Gasteiger partial charge is 0.482 e. The fourth-order valence-electron chi connectivity index (χ4n) is 2.77.